The number of hydrogen-bond donors (Lipinski definition) is 12. The van der Waals surface area contributed by atoms with E-state index >= 15 is 0 Å². The number of carbonyl (C=O) groups is 1. The third-order valence-corrected chi connectivity index (χ3v) is 23.7. The Morgan fingerprint density at radius 1 is 0.321 bits per heavy atom. The molecule has 0 aromatic heterocycles. The molecule has 3 saturated heterocycles. The molecule has 3 aliphatic heterocycles. The highest BCUT2D eigenvalue weighted by molar-refractivity contribution is 5.76. The predicted octanol–water partition coefficient (Wildman–Crippen LogP) is 18.6. The van der Waals surface area contributed by atoms with Crippen molar-refractivity contribution in [1.29, 1.82) is 0 Å². The molecule has 660 valence electrons. The van der Waals surface area contributed by atoms with Crippen LogP contribution in [0, 0.1) is 0 Å². The average Bonchev–Trinajstić information content (AvgIpc) is 0.780. The molecule has 0 saturated carbocycles. The third-order valence-electron chi connectivity index (χ3n) is 23.7. The van der Waals surface area contributed by atoms with Gasteiger partial charge < -0.3 is 89.9 Å². The number of nitrogens with one attached hydrogen (secondary N) is 1. The molecule has 3 heterocycles. The summed E-state index contributed by atoms with van der Waals surface area (Å²) in [4.78, 5) is 13.6. The summed E-state index contributed by atoms with van der Waals surface area (Å²) in [7, 11) is 0. The quantitative estimate of drug-likeness (QED) is 0.0199. The molecule has 0 aromatic carbocycles. The zero-order valence-electron chi connectivity index (χ0n) is 71.4. The standard InChI is InChI=1S/C93H175NO18/c1-3-5-7-9-11-13-15-17-19-21-23-25-27-29-31-33-34-35-36-37-38-39-40-41-42-43-45-47-49-51-53-55-57-59-61-63-65-67-69-71-81(99)94-76(77(98)70-68-66-64-62-60-58-56-54-52-50-48-46-44-32-30-28-26-24-22-20-18-16-14-12-10-8-6-4-2)75-107-91-87(105)84(102)89(79(73-96)109-91)112-93-88(106)85(103)90(80(74-97)110-93)111-92-86(104)83(101)82(100)78(72-95)108-92/h15,17,21,23,27,29,76-80,82-93,95-98,100-106H,3-14,16,18-20,22,24-26,28,30-75H2,1-2H3,(H,94,99)/b17-15-,23-21-,29-27-. The number of rotatable bonds is 78. The van der Waals surface area contributed by atoms with Crippen LogP contribution in [0.5, 0.6) is 0 Å². The second-order valence-electron chi connectivity index (χ2n) is 33.8. The molecule has 0 spiro atoms. The van der Waals surface area contributed by atoms with Gasteiger partial charge in [-0.3, -0.25) is 4.79 Å². The molecule has 3 aliphatic rings. The Kier molecular flexibility index (Phi) is 67.9. The van der Waals surface area contributed by atoms with Crippen molar-refractivity contribution >= 4 is 5.91 Å². The largest absolute Gasteiger partial charge is 0.394 e. The van der Waals surface area contributed by atoms with E-state index in [1.807, 2.05) is 0 Å². The molecule has 0 aromatic rings. The fourth-order valence-corrected chi connectivity index (χ4v) is 16.2. The topological polar surface area (TPSA) is 307 Å². The normalized spacial score (nSPS) is 25.0. The molecule has 0 aliphatic carbocycles. The monoisotopic (exact) mass is 1590 g/mol. The van der Waals surface area contributed by atoms with Crippen LogP contribution in [-0.2, 0) is 33.2 Å². The molecular weight excluding hydrogens is 1420 g/mol. The lowest BCUT2D eigenvalue weighted by molar-refractivity contribution is -0.379. The molecule has 17 atom stereocenters. The summed E-state index contributed by atoms with van der Waals surface area (Å²) in [5.74, 6) is -0.233. The van der Waals surface area contributed by atoms with Crippen LogP contribution in [0.4, 0.5) is 0 Å². The average molecular weight is 1600 g/mol. The molecular formula is C93H175NO18. The molecule has 3 fully saturated rings. The zero-order chi connectivity index (χ0) is 81.0. The minimum Gasteiger partial charge on any atom is -0.394 e. The molecule has 19 heteroatoms. The smallest absolute Gasteiger partial charge is 0.220 e. The number of unbranched alkanes of at least 4 members (excludes halogenated alkanes) is 56. The summed E-state index contributed by atoms with van der Waals surface area (Å²) in [6, 6.07) is -0.888. The number of aliphatic hydroxyl groups excluding tert-OH is 11. The van der Waals surface area contributed by atoms with Crippen molar-refractivity contribution in [3.8, 4) is 0 Å². The van der Waals surface area contributed by atoms with Gasteiger partial charge in [-0.05, 0) is 51.4 Å². The second kappa shape index (κ2) is 73.0. The molecule has 0 bridgehead atoms. The lowest BCUT2D eigenvalue weighted by Gasteiger charge is -2.48. The van der Waals surface area contributed by atoms with Gasteiger partial charge in [0.15, 0.2) is 18.9 Å². The van der Waals surface area contributed by atoms with E-state index in [4.69, 9.17) is 28.4 Å². The van der Waals surface area contributed by atoms with Crippen molar-refractivity contribution in [1.82, 2.24) is 5.32 Å². The van der Waals surface area contributed by atoms with Crippen molar-refractivity contribution in [2.75, 3.05) is 26.4 Å². The summed E-state index contributed by atoms with van der Waals surface area (Å²) >= 11 is 0. The van der Waals surface area contributed by atoms with Gasteiger partial charge in [-0.25, -0.2) is 0 Å². The number of amides is 1. The molecule has 19 nitrogen and oxygen atoms in total. The fraction of sp³-hybridized carbons (Fsp3) is 0.925. The van der Waals surface area contributed by atoms with Gasteiger partial charge in [0, 0.05) is 6.42 Å². The van der Waals surface area contributed by atoms with Gasteiger partial charge in [-0.15, -0.1) is 0 Å². The Bertz CT molecular complexity index is 2160. The van der Waals surface area contributed by atoms with Crippen LogP contribution in [0.2, 0.25) is 0 Å². The first-order chi connectivity index (χ1) is 54.8. The summed E-state index contributed by atoms with van der Waals surface area (Å²) in [5, 5.41) is 121. The maximum atomic E-state index is 13.6. The van der Waals surface area contributed by atoms with Gasteiger partial charge in [-0.2, -0.15) is 0 Å². The molecule has 112 heavy (non-hydrogen) atoms. The van der Waals surface area contributed by atoms with Gasteiger partial charge in [0.05, 0.1) is 38.6 Å². The maximum Gasteiger partial charge on any atom is 0.220 e. The van der Waals surface area contributed by atoms with Crippen LogP contribution in [0.1, 0.15) is 418 Å². The fourth-order valence-electron chi connectivity index (χ4n) is 16.2. The molecule has 1 amide bonds. The second-order valence-corrected chi connectivity index (χ2v) is 33.8. The van der Waals surface area contributed by atoms with Gasteiger partial charge in [0.1, 0.15) is 73.2 Å². The minimum atomic E-state index is -1.97. The molecule has 0 radical (unpaired) electrons. The van der Waals surface area contributed by atoms with Crippen LogP contribution >= 0.6 is 0 Å². The van der Waals surface area contributed by atoms with Crippen molar-refractivity contribution in [3.63, 3.8) is 0 Å². The van der Waals surface area contributed by atoms with Crippen LogP contribution < -0.4 is 5.32 Å². The predicted molar refractivity (Wildman–Crippen MR) is 453 cm³/mol. The van der Waals surface area contributed by atoms with Crippen molar-refractivity contribution < 1.29 is 89.4 Å². The van der Waals surface area contributed by atoms with E-state index in [1.165, 1.54) is 327 Å². The zero-order valence-corrected chi connectivity index (χ0v) is 71.4. The number of carbonyl (C=O) groups excluding carboxylic acids is 1. The summed E-state index contributed by atoms with van der Waals surface area (Å²) < 4.78 is 34.6. The van der Waals surface area contributed by atoms with Gasteiger partial charge in [-0.1, -0.05) is 397 Å². The van der Waals surface area contributed by atoms with Crippen LogP contribution in [-0.4, -0.2) is 193 Å². The van der Waals surface area contributed by atoms with Crippen molar-refractivity contribution in [3.05, 3.63) is 36.5 Å². The first kappa shape index (κ1) is 104. The van der Waals surface area contributed by atoms with Crippen molar-refractivity contribution in [2.45, 2.75) is 523 Å². The van der Waals surface area contributed by atoms with Crippen LogP contribution in [0.25, 0.3) is 0 Å². The Labute approximate surface area is 682 Å². The van der Waals surface area contributed by atoms with E-state index in [-0.39, 0.29) is 18.9 Å². The number of aliphatic hydroxyl groups is 11. The van der Waals surface area contributed by atoms with E-state index in [0.29, 0.717) is 12.8 Å². The highest BCUT2D eigenvalue weighted by atomic mass is 16.8. The third kappa shape index (κ3) is 50.8. The SMILES string of the molecule is CCCCCCC/C=C\C/C=C\C/C=C\CCCCCCCCCCCCCCCCCCCCCCCCCCC(=O)NC(COC1OC(CO)C(OC2OC(CO)C(OC3OC(CO)C(O)C(O)C3O)C(O)C2O)C(O)C1O)C(O)CCCCCCCCCCCCCCCCCCCCCCCCCCCCCC. The first-order valence-electron chi connectivity index (χ1n) is 47.2. The van der Waals surface area contributed by atoms with Crippen molar-refractivity contribution in [2.24, 2.45) is 0 Å². The Morgan fingerprint density at radius 3 is 0.920 bits per heavy atom. The molecule has 3 rings (SSSR count). The van der Waals surface area contributed by atoms with E-state index in [2.05, 4.69) is 55.6 Å². The maximum absolute atomic E-state index is 13.6. The van der Waals surface area contributed by atoms with E-state index in [9.17, 15) is 61.0 Å². The van der Waals surface area contributed by atoms with E-state index < -0.39 is 124 Å². The summed E-state index contributed by atoms with van der Waals surface area (Å²) in [6.45, 7) is 1.86. The van der Waals surface area contributed by atoms with Crippen LogP contribution in [0.3, 0.4) is 0 Å². The Balaban J connectivity index is 1.29. The van der Waals surface area contributed by atoms with E-state index in [1.54, 1.807) is 0 Å². The lowest BCUT2D eigenvalue weighted by atomic mass is 9.96. The molecule has 12 N–H and O–H groups in total. The lowest BCUT2D eigenvalue weighted by Crippen LogP contribution is -2.66. The number of ether oxygens (including phenoxy) is 6. The first-order valence-corrected chi connectivity index (χ1v) is 47.2. The Morgan fingerprint density at radius 2 is 0.589 bits per heavy atom. The minimum absolute atomic E-state index is 0.233. The summed E-state index contributed by atoms with van der Waals surface area (Å²) in [5.41, 5.74) is 0. The molecule has 17 unspecified atom stereocenters. The van der Waals surface area contributed by atoms with E-state index in [0.717, 1.165) is 57.8 Å². The van der Waals surface area contributed by atoms with Gasteiger partial charge >= 0.3 is 0 Å². The number of hydrogen-bond acceptors (Lipinski definition) is 18. The van der Waals surface area contributed by atoms with Crippen LogP contribution in [0.15, 0.2) is 36.5 Å². The Hall–Kier alpha value is -1.99. The highest BCUT2D eigenvalue weighted by Gasteiger charge is 2.54. The van der Waals surface area contributed by atoms with Gasteiger partial charge in [0.25, 0.3) is 0 Å². The summed E-state index contributed by atoms with van der Waals surface area (Å²) in [6.07, 6.45) is 67.0. The number of allylic oxidation sites excluding steroid dienone is 6. The highest BCUT2D eigenvalue weighted by Crippen LogP contribution is 2.34. The van der Waals surface area contributed by atoms with Gasteiger partial charge in [0.2, 0.25) is 5.91 Å².